The number of hydrogen-bond donors (Lipinski definition) is 1. The van der Waals surface area contributed by atoms with E-state index in [1.165, 1.54) is 41.3 Å². The van der Waals surface area contributed by atoms with Crippen LogP contribution in [0.15, 0.2) is 48.5 Å². The molecule has 1 unspecified atom stereocenters. The molecule has 2 aromatic carbocycles. The number of sulfonamides is 1. The van der Waals surface area contributed by atoms with E-state index in [0.29, 0.717) is 30.4 Å². The van der Waals surface area contributed by atoms with Crippen LogP contribution in [0.5, 0.6) is 0 Å². The van der Waals surface area contributed by atoms with Gasteiger partial charge in [0.25, 0.3) is 0 Å². The van der Waals surface area contributed by atoms with Crippen LogP contribution in [0.3, 0.4) is 0 Å². The first-order valence-electron chi connectivity index (χ1n) is 10.7. The second-order valence-corrected chi connectivity index (χ2v) is 10.2. The summed E-state index contributed by atoms with van der Waals surface area (Å²) in [6, 6.07) is 9.65. The normalized spacial score (nSPS) is 20.2. The summed E-state index contributed by atoms with van der Waals surface area (Å²) >= 11 is 0. The Morgan fingerprint density at radius 2 is 1.74 bits per heavy atom. The number of hydrogen-bond acceptors (Lipinski definition) is 4. The number of amides is 1. The zero-order chi connectivity index (χ0) is 25.1. The van der Waals surface area contributed by atoms with E-state index in [4.69, 9.17) is 4.74 Å². The lowest BCUT2D eigenvalue weighted by atomic mass is 9.84. The van der Waals surface area contributed by atoms with Crippen molar-refractivity contribution in [2.24, 2.45) is 0 Å². The lowest BCUT2D eigenvalue weighted by Crippen LogP contribution is -2.49. The Morgan fingerprint density at radius 1 is 1.12 bits per heavy atom. The first-order valence-corrected chi connectivity index (χ1v) is 12.6. The average Bonchev–Trinajstić information content (AvgIpc) is 2.76. The first kappa shape index (κ1) is 26.0. The number of nitrogens with one attached hydrogen (secondary N) is 1. The highest BCUT2D eigenvalue weighted by atomic mass is 32.2. The van der Waals surface area contributed by atoms with Crippen molar-refractivity contribution in [3.8, 4) is 0 Å². The predicted octanol–water partition coefficient (Wildman–Crippen LogP) is 4.97. The lowest BCUT2D eigenvalue weighted by molar-refractivity contribution is -0.137. The number of cyclic esters (lactones) is 1. The molecule has 1 fully saturated rings. The van der Waals surface area contributed by atoms with Crippen LogP contribution in [-0.4, -0.2) is 38.8 Å². The Kier molecular flexibility index (Phi) is 7.56. The summed E-state index contributed by atoms with van der Waals surface area (Å²) in [4.78, 5) is 14.5. The van der Waals surface area contributed by atoms with E-state index >= 15 is 0 Å². The Labute approximate surface area is 196 Å². The number of carbonyl (C=O) groups excluding carboxylic acids is 1. The smallest absolute Gasteiger partial charge is 0.416 e. The summed E-state index contributed by atoms with van der Waals surface area (Å²) in [6.45, 7) is 2.09. The molecule has 0 spiro atoms. The van der Waals surface area contributed by atoms with Gasteiger partial charge < -0.3 is 9.64 Å². The van der Waals surface area contributed by atoms with Crippen LogP contribution in [0.25, 0.3) is 0 Å². The summed E-state index contributed by atoms with van der Waals surface area (Å²) in [7, 11) is -3.38. The third-order valence-corrected chi connectivity index (χ3v) is 6.68. The molecule has 0 aliphatic carbocycles. The minimum Gasteiger partial charge on any atom is -0.438 e. The molecule has 0 radical (unpaired) electrons. The summed E-state index contributed by atoms with van der Waals surface area (Å²) in [5, 5.41) is 0. The summed E-state index contributed by atoms with van der Waals surface area (Å²) < 4.78 is 83.0. The maximum absolute atomic E-state index is 13.5. The van der Waals surface area contributed by atoms with Gasteiger partial charge in [-0.3, -0.25) is 0 Å². The molecule has 0 bridgehead atoms. The number of rotatable bonds is 8. The first-order chi connectivity index (χ1) is 15.8. The molecule has 1 amide bonds. The summed E-state index contributed by atoms with van der Waals surface area (Å²) in [6.07, 6.45) is -3.05. The minimum absolute atomic E-state index is 0.144. The Bertz CT molecular complexity index is 1110. The third-order valence-electron chi connectivity index (χ3n) is 5.95. The van der Waals surface area contributed by atoms with Crippen molar-refractivity contribution in [1.82, 2.24) is 9.62 Å². The van der Waals surface area contributed by atoms with E-state index in [1.54, 1.807) is 6.92 Å². The van der Waals surface area contributed by atoms with Gasteiger partial charge in [-0.05, 0) is 55.2 Å². The van der Waals surface area contributed by atoms with Gasteiger partial charge in [-0.15, -0.1) is 0 Å². The van der Waals surface area contributed by atoms with Gasteiger partial charge in [-0.25, -0.2) is 22.3 Å². The lowest BCUT2D eigenvalue weighted by Gasteiger charge is -2.43. The van der Waals surface area contributed by atoms with Gasteiger partial charge in [-0.1, -0.05) is 24.3 Å². The van der Waals surface area contributed by atoms with Crippen LogP contribution in [-0.2, 0) is 26.5 Å². The molecule has 1 saturated heterocycles. The second kappa shape index (κ2) is 9.91. The molecule has 3 rings (SSSR count). The van der Waals surface area contributed by atoms with Gasteiger partial charge in [0.2, 0.25) is 10.0 Å². The number of nitrogens with zero attached hydrogens (tertiary/aromatic N) is 1. The molecule has 0 saturated carbocycles. The molecule has 34 heavy (non-hydrogen) atoms. The van der Waals surface area contributed by atoms with Crippen molar-refractivity contribution < 1.29 is 35.5 Å². The van der Waals surface area contributed by atoms with Crippen LogP contribution < -0.4 is 4.72 Å². The molecule has 1 N–H and O–H groups in total. The summed E-state index contributed by atoms with van der Waals surface area (Å²) in [5.74, 6) is -0.447. The zero-order valence-corrected chi connectivity index (χ0v) is 19.5. The quantitative estimate of drug-likeness (QED) is 0.409. The largest absolute Gasteiger partial charge is 0.438 e. The van der Waals surface area contributed by atoms with Gasteiger partial charge in [-0.2, -0.15) is 13.2 Å². The highest BCUT2D eigenvalue weighted by molar-refractivity contribution is 7.88. The molecular weight excluding hydrogens is 476 g/mol. The highest BCUT2D eigenvalue weighted by Crippen LogP contribution is 2.40. The van der Waals surface area contributed by atoms with Crippen LogP contribution >= 0.6 is 0 Å². The van der Waals surface area contributed by atoms with Crippen LogP contribution in [0, 0.1) is 5.82 Å². The van der Waals surface area contributed by atoms with Gasteiger partial charge >= 0.3 is 12.3 Å². The number of benzene rings is 2. The number of halogens is 4. The van der Waals surface area contributed by atoms with Crippen molar-refractivity contribution in [2.45, 2.75) is 44.0 Å². The molecule has 0 aromatic heterocycles. The van der Waals surface area contributed by atoms with Gasteiger partial charge in [0.15, 0.2) is 0 Å². The van der Waals surface area contributed by atoms with Crippen LogP contribution in [0.1, 0.15) is 48.9 Å². The maximum atomic E-state index is 13.5. The Hall–Kier alpha value is -2.66. The van der Waals surface area contributed by atoms with E-state index in [-0.39, 0.29) is 13.1 Å². The SMILES string of the molecule is C[C@@H](c1ccc(C(F)(F)F)cc1)N1CCC(CCCNS(C)(=O)=O)(c2ccc(F)cc2)OC1=O. The van der Waals surface area contributed by atoms with Crippen LogP contribution in [0.2, 0.25) is 0 Å². The number of alkyl halides is 3. The highest BCUT2D eigenvalue weighted by Gasteiger charge is 2.43. The molecular formula is C23H26F4N2O4S. The molecule has 186 valence electrons. The molecule has 6 nitrogen and oxygen atoms in total. The summed E-state index contributed by atoms with van der Waals surface area (Å²) in [5.41, 5.74) is -0.747. The van der Waals surface area contributed by atoms with E-state index < -0.39 is 45.3 Å². The zero-order valence-electron chi connectivity index (χ0n) is 18.7. The molecule has 11 heteroatoms. The van der Waals surface area contributed by atoms with Crippen molar-refractivity contribution in [3.05, 3.63) is 71.0 Å². The van der Waals surface area contributed by atoms with E-state index in [9.17, 15) is 30.8 Å². The number of ether oxygens (including phenoxy) is 1. The number of carbonyl (C=O) groups is 1. The topological polar surface area (TPSA) is 75.7 Å². The van der Waals surface area contributed by atoms with E-state index in [2.05, 4.69) is 4.72 Å². The van der Waals surface area contributed by atoms with Crippen molar-refractivity contribution in [3.63, 3.8) is 0 Å². The Balaban J connectivity index is 1.77. The molecule has 2 atom stereocenters. The predicted molar refractivity (Wildman–Crippen MR) is 118 cm³/mol. The molecule has 2 aromatic rings. The van der Waals surface area contributed by atoms with Crippen LogP contribution in [0.4, 0.5) is 22.4 Å². The molecule has 1 aliphatic rings. The fraction of sp³-hybridized carbons (Fsp3) is 0.435. The second-order valence-electron chi connectivity index (χ2n) is 8.38. The fourth-order valence-corrected chi connectivity index (χ4v) is 4.58. The standard InChI is InChI=1S/C23H26F4N2O4S/c1-16(17-4-6-19(7-5-17)23(25,26)27)29-15-13-22(33-21(29)30,12-3-14-28-34(2,31)32)18-8-10-20(24)11-9-18/h4-11,16,28H,3,12-15H2,1-2H3/t16-,22?/m0/s1. The third kappa shape index (κ3) is 6.26. The fourth-order valence-electron chi connectivity index (χ4n) is 4.06. The monoisotopic (exact) mass is 502 g/mol. The van der Waals surface area contributed by atoms with Crippen molar-refractivity contribution in [2.75, 3.05) is 19.3 Å². The Morgan fingerprint density at radius 3 is 2.26 bits per heavy atom. The molecule has 1 aliphatic heterocycles. The average molecular weight is 503 g/mol. The van der Waals surface area contributed by atoms with E-state index in [1.807, 2.05) is 0 Å². The van der Waals surface area contributed by atoms with Crippen molar-refractivity contribution in [1.29, 1.82) is 0 Å². The van der Waals surface area contributed by atoms with Gasteiger partial charge in [0, 0.05) is 19.5 Å². The maximum Gasteiger partial charge on any atom is 0.416 e. The van der Waals surface area contributed by atoms with Gasteiger partial charge in [0.1, 0.15) is 11.4 Å². The van der Waals surface area contributed by atoms with E-state index in [0.717, 1.165) is 18.4 Å². The minimum atomic E-state index is -4.45. The van der Waals surface area contributed by atoms with Crippen molar-refractivity contribution >= 4 is 16.1 Å². The van der Waals surface area contributed by atoms with Gasteiger partial charge in [0.05, 0.1) is 17.9 Å². The molecule has 1 heterocycles.